The first-order valence-corrected chi connectivity index (χ1v) is 32.8. The van der Waals surface area contributed by atoms with Gasteiger partial charge in [-0.1, -0.05) is 44.2 Å². The number of ketones is 1. The van der Waals surface area contributed by atoms with Gasteiger partial charge >= 0.3 is 24.3 Å². The first-order chi connectivity index (χ1) is 47.5. The number of fused-ring (bicyclic) bond motifs is 4. The minimum Gasteiger partial charge on any atom is -0.491 e. The standard InChI is InChI=1S/C69H81ClN12O17/c1-41(2)62(78-67(92)97-32-31-95-29-27-81-58(86)21-22-59(81)87)54(84)34-45(10-8-23-73-66(72)91)64(89)75-48-17-13-43(14-18-48)40-98-68(93)79(4)25-26-80(24-6-5-12-56(71)85)69(94)99-55-36-53-61(60-42(3)9-7-11-50(55)60)47(37-70)39-82(53)65(90)51-33-46-35-57(74-38-52(46)76-51)77-63(88)44-15-19-49(20-16-44)96-30-28-83/h7,9,11,13-22,33,35-36,38,41,45,47,62,76,83H,5-6,8,10,12,23-32,34,37,39-40H2,1-4H3,(H2,71,85)(H,75,89)(H,78,92)(H3,72,73,91)(H,74,77,88)/t45-,47-,62+/m1/s1. The van der Waals surface area contributed by atoms with Crippen LogP contribution in [0.25, 0.3) is 21.7 Å². The molecule has 2 aromatic heterocycles. The van der Waals surface area contributed by atoms with Crippen LogP contribution >= 0.6 is 11.6 Å². The smallest absolute Gasteiger partial charge is 0.415 e. The van der Waals surface area contributed by atoms with Gasteiger partial charge in [-0.05, 0) is 109 Å². The van der Waals surface area contributed by atoms with E-state index in [1.807, 2.05) is 25.1 Å². The maximum Gasteiger partial charge on any atom is 0.415 e. The number of benzene rings is 4. The Morgan fingerprint density at radius 3 is 2.28 bits per heavy atom. The quantitative estimate of drug-likeness (QED) is 0.0113. The van der Waals surface area contributed by atoms with Gasteiger partial charge in [0.05, 0.1) is 49.8 Å². The van der Waals surface area contributed by atoms with E-state index in [2.05, 4.69) is 31.2 Å². The van der Waals surface area contributed by atoms with Crippen LogP contribution < -0.4 is 47.1 Å². The summed E-state index contributed by atoms with van der Waals surface area (Å²) in [5.41, 5.74) is 14.8. The average molecular weight is 1390 g/mol. The topological polar surface area (TPSA) is 396 Å². The second-order valence-electron chi connectivity index (χ2n) is 24.0. The van der Waals surface area contributed by atoms with Gasteiger partial charge in [0.2, 0.25) is 11.8 Å². The molecule has 8 rings (SSSR count). The normalized spacial score (nSPS) is 13.8. The predicted molar refractivity (Wildman–Crippen MR) is 365 cm³/mol. The molecule has 0 bridgehead atoms. The lowest BCUT2D eigenvalue weighted by Crippen LogP contribution is -2.46. The largest absolute Gasteiger partial charge is 0.491 e. The Labute approximate surface area is 575 Å². The lowest BCUT2D eigenvalue weighted by atomic mass is 9.89. The summed E-state index contributed by atoms with van der Waals surface area (Å²) < 4.78 is 27.9. The minimum absolute atomic E-state index is 0.0158. The van der Waals surface area contributed by atoms with Crippen LogP contribution in [0.2, 0.25) is 0 Å². The zero-order valence-corrected chi connectivity index (χ0v) is 56.1. The number of aromatic nitrogens is 2. The second-order valence-corrected chi connectivity index (χ2v) is 24.3. The number of alkyl halides is 1. The zero-order valence-electron chi connectivity index (χ0n) is 55.3. The number of carbonyl (C=O) groups excluding carboxylic acids is 11. The number of nitrogens with zero attached hydrogens (tertiary/aromatic N) is 5. The average Bonchev–Trinajstić information content (AvgIpc) is 1.64. The van der Waals surface area contributed by atoms with Gasteiger partial charge in [-0.15, -0.1) is 11.6 Å². The number of pyridine rings is 1. The summed E-state index contributed by atoms with van der Waals surface area (Å²) in [4.78, 5) is 156. The maximum absolute atomic E-state index is 14.7. The Bertz CT molecular complexity index is 3960. The molecule has 0 unspecified atom stereocenters. The number of alkyl carbamates (subject to hydrolysis) is 1. The molecule has 10 N–H and O–H groups in total. The summed E-state index contributed by atoms with van der Waals surface area (Å²) in [7, 11) is 1.50. The van der Waals surface area contributed by atoms with Crippen molar-refractivity contribution in [3.05, 3.63) is 131 Å². The summed E-state index contributed by atoms with van der Waals surface area (Å²) in [5.74, 6) is -3.82. The van der Waals surface area contributed by atoms with Gasteiger partial charge in [0.15, 0.2) is 5.78 Å². The van der Waals surface area contributed by atoms with E-state index in [0.717, 1.165) is 33.6 Å². The Kier molecular flexibility index (Phi) is 26.6. The van der Waals surface area contributed by atoms with E-state index >= 15 is 0 Å². The first kappa shape index (κ1) is 74.1. The number of hydrogen-bond donors (Lipinski definition) is 8. The fraction of sp³-hybridized carbons (Fsp3) is 0.391. The number of primary amides is 2. The number of urea groups is 1. The Morgan fingerprint density at radius 1 is 0.838 bits per heavy atom. The van der Waals surface area contributed by atoms with Crippen molar-refractivity contribution in [2.75, 3.05) is 101 Å². The van der Waals surface area contributed by atoms with Crippen molar-refractivity contribution in [1.29, 1.82) is 0 Å². The summed E-state index contributed by atoms with van der Waals surface area (Å²) in [6.45, 7) is 5.28. The van der Waals surface area contributed by atoms with Crippen molar-refractivity contribution in [1.82, 2.24) is 35.3 Å². The van der Waals surface area contributed by atoms with Crippen molar-refractivity contribution >= 4 is 116 Å². The summed E-state index contributed by atoms with van der Waals surface area (Å²) in [6, 6.07) is 21.5. The number of amides is 11. The highest BCUT2D eigenvalue weighted by Gasteiger charge is 2.37. The molecule has 2 aliphatic rings. The number of aliphatic hydroxyl groups is 1. The molecule has 6 aromatic rings. The number of aromatic amines is 1. The number of likely N-dealkylation sites (N-methyl/N-ethyl adjacent to an activating group) is 1. The molecule has 2 aliphatic heterocycles. The van der Waals surface area contributed by atoms with Gasteiger partial charge in [-0.2, -0.15) is 0 Å². The van der Waals surface area contributed by atoms with E-state index in [1.165, 1.54) is 23.0 Å². The predicted octanol–water partition coefficient (Wildman–Crippen LogP) is 7.01. The van der Waals surface area contributed by atoms with Crippen molar-refractivity contribution in [2.24, 2.45) is 23.3 Å². The van der Waals surface area contributed by atoms with E-state index < -0.39 is 83.4 Å². The van der Waals surface area contributed by atoms with Crippen LogP contribution in [0.3, 0.4) is 0 Å². The molecule has 29 nitrogen and oxygen atoms in total. The number of nitrogens with one attached hydrogen (secondary N) is 5. The van der Waals surface area contributed by atoms with Gasteiger partial charge in [-0.3, -0.25) is 38.5 Å². The number of unbranched alkanes of at least 4 members (excludes halogenated alkanes) is 1. The Balaban J connectivity index is 0.876. The highest BCUT2D eigenvalue weighted by Crippen LogP contribution is 2.47. The van der Waals surface area contributed by atoms with E-state index in [4.69, 9.17) is 51.9 Å². The SMILES string of the molecule is Cc1cccc2c(OC(=O)N(CCCCC(N)=O)CCN(C)C(=O)OCc3ccc(NC(=O)[C@H](CCCNC(N)=O)CC(=O)[C@@H](NC(=O)OCCOCCN4C(=O)C=CC4=O)C(C)C)cc3)cc3c(c12)[C@H](CCl)CN3C(=O)c1cc2cc(NC(=O)c3ccc(OCCO)cc3)ncc2[nH]1. The van der Waals surface area contributed by atoms with Crippen molar-refractivity contribution in [2.45, 2.75) is 77.9 Å². The molecule has 0 spiro atoms. The Morgan fingerprint density at radius 2 is 1.59 bits per heavy atom. The van der Waals surface area contributed by atoms with E-state index in [9.17, 15) is 52.7 Å². The number of anilines is 3. The molecule has 0 saturated heterocycles. The number of H-pyrrole nitrogens is 1. The molecule has 0 aliphatic carbocycles. The number of rotatable bonds is 35. The number of aryl methyl sites for hydroxylation is 1. The number of hydrogen-bond acceptors (Lipinski definition) is 18. The lowest BCUT2D eigenvalue weighted by Gasteiger charge is -2.26. The van der Waals surface area contributed by atoms with Crippen LogP contribution in [-0.4, -0.2) is 187 Å². The van der Waals surface area contributed by atoms with Gasteiger partial charge in [0, 0.05) is 111 Å². The van der Waals surface area contributed by atoms with Crippen LogP contribution in [0, 0.1) is 18.8 Å². The second kappa shape index (κ2) is 35.6. The molecule has 526 valence electrons. The third-order valence-electron chi connectivity index (χ3n) is 16.5. The molecule has 3 atom stereocenters. The zero-order chi connectivity index (χ0) is 71.3. The third kappa shape index (κ3) is 20.5. The molecule has 30 heteroatoms. The highest BCUT2D eigenvalue weighted by molar-refractivity contribution is 6.20. The molecule has 4 heterocycles. The fourth-order valence-corrected chi connectivity index (χ4v) is 11.5. The van der Waals surface area contributed by atoms with Crippen LogP contribution in [0.1, 0.15) is 95.8 Å². The van der Waals surface area contributed by atoms with E-state index in [1.54, 1.807) is 85.5 Å². The molecule has 4 aromatic carbocycles. The van der Waals surface area contributed by atoms with Crippen LogP contribution in [0.15, 0.2) is 103 Å². The molecule has 99 heavy (non-hydrogen) atoms. The molecule has 0 radical (unpaired) electrons. The third-order valence-corrected chi connectivity index (χ3v) is 16.8. The molecule has 0 fully saturated rings. The van der Waals surface area contributed by atoms with E-state index in [0.29, 0.717) is 57.4 Å². The number of carbonyl (C=O) groups is 11. The number of halogens is 1. The number of Topliss-reactive ketones (excluding diaryl/α,β-unsaturated/α-hetero) is 1. The fourth-order valence-electron chi connectivity index (χ4n) is 11.2. The Hall–Kier alpha value is -10.7. The van der Waals surface area contributed by atoms with Gasteiger partial charge in [0.25, 0.3) is 23.6 Å². The number of ether oxygens (including phenoxy) is 5. The maximum atomic E-state index is 14.7. The summed E-state index contributed by atoms with van der Waals surface area (Å²) in [5, 5.41) is 21.6. The van der Waals surface area contributed by atoms with Crippen LogP contribution in [0.5, 0.6) is 11.5 Å². The van der Waals surface area contributed by atoms with Gasteiger partial charge in [0.1, 0.15) is 42.8 Å². The van der Waals surface area contributed by atoms with Crippen LogP contribution in [0.4, 0.5) is 36.4 Å². The van der Waals surface area contributed by atoms with Crippen LogP contribution in [-0.2, 0) is 44.8 Å². The monoisotopic (exact) mass is 1380 g/mol. The summed E-state index contributed by atoms with van der Waals surface area (Å²) >= 11 is 6.68. The highest BCUT2D eigenvalue weighted by atomic mass is 35.5. The number of imide groups is 1. The molecule has 11 amide bonds. The number of aliphatic hydroxyl groups excluding tert-OH is 1. The lowest BCUT2D eigenvalue weighted by molar-refractivity contribution is -0.137. The van der Waals surface area contributed by atoms with Crippen molar-refractivity contribution in [3.63, 3.8) is 0 Å². The van der Waals surface area contributed by atoms with Crippen molar-refractivity contribution in [3.8, 4) is 11.5 Å². The summed E-state index contributed by atoms with van der Waals surface area (Å²) in [6.07, 6.45) is 2.35. The molecular formula is C69H81ClN12O17. The van der Waals surface area contributed by atoms with Gasteiger partial charge in [-0.25, -0.2) is 24.2 Å². The minimum atomic E-state index is -1.04. The molecular weight excluding hydrogens is 1300 g/mol. The van der Waals surface area contributed by atoms with E-state index in [-0.39, 0.29) is 134 Å². The molecule has 0 saturated carbocycles. The number of nitrogens with two attached hydrogens (primary N) is 2. The van der Waals surface area contributed by atoms with Gasteiger partial charge < -0.3 is 81.2 Å². The first-order valence-electron chi connectivity index (χ1n) is 32.2. The van der Waals surface area contributed by atoms with Crippen molar-refractivity contribution < 1.29 is 81.5 Å².